The van der Waals surface area contributed by atoms with Gasteiger partial charge in [-0.1, -0.05) is 12.1 Å². The molecular formula is C17H16N4O2S. The Labute approximate surface area is 143 Å². The second-order valence-corrected chi connectivity index (χ2v) is 6.26. The third-order valence-electron chi connectivity index (χ3n) is 3.37. The summed E-state index contributed by atoms with van der Waals surface area (Å²) in [5.41, 5.74) is 0.290. The first-order valence-corrected chi connectivity index (χ1v) is 8.36. The SMILES string of the molecule is C[C@@H](CC(=O)c1cccs1)NC(=O)c1cccc(-n2cccn2)n1. The minimum atomic E-state index is -0.310. The van der Waals surface area contributed by atoms with Gasteiger partial charge in [-0.25, -0.2) is 9.67 Å². The standard InChI is InChI=1S/C17H16N4O2S/c1-12(11-14(22)15-6-3-10-24-15)19-17(23)13-5-2-7-16(20-13)21-9-4-8-18-21/h2-10,12H,11H2,1H3,(H,19,23)/t12-/m0/s1. The van der Waals surface area contributed by atoms with E-state index in [0.717, 1.165) is 0 Å². The fourth-order valence-electron chi connectivity index (χ4n) is 2.25. The molecule has 1 atom stereocenters. The Morgan fingerprint density at radius 3 is 2.83 bits per heavy atom. The number of rotatable bonds is 6. The maximum absolute atomic E-state index is 12.3. The van der Waals surface area contributed by atoms with E-state index in [9.17, 15) is 9.59 Å². The van der Waals surface area contributed by atoms with Crippen LogP contribution in [0.2, 0.25) is 0 Å². The van der Waals surface area contributed by atoms with Crippen molar-refractivity contribution in [2.45, 2.75) is 19.4 Å². The summed E-state index contributed by atoms with van der Waals surface area (Å²) in [7, 11) is 0. The number of thiophene rings is 1. The molecular weight excluding hydrogens is 324 g/mol. The molecule has 3 rings (SSSR count). The van der Waals surface area contributed by atoms with Crippen molar-refractivity contribution in [3.05, 3.63) is 64.7 Å². The molecule has 7 heteroatoms. The molecule has 24 heavy (non-hydrogen) atoms. The Morgan fingerprint density at radius 2 is 2.12 bits per heavy atom. The average molecular weight is 340 g/mol. The van der Waals surface area contributed by atoms with Gasteiger partial charge >= 0.3 is 0 Å². The first-order valence-electron chi connectivity index (χ1n) is 7.48. The summed E-state index contributed by atoms with van der Waals surface area (Å²) >= 11 is 1.40. The van der Waals surface area contributed by atoms with Crippen molar-refractivity contribution in [3.8, 4) is 5.82 Å². The molecule has 0 aromatic carbocycles. The average Bonchev–Trinajstić information content (AvgIpc) is 3.28. The molecule has 6 nitrogen and oxygen atoms in total. The fourth-order valence-corrected chi connectivity index (χ4v) is 2.92. The zero-order valence-corrected chi connectivity index (χ0v) is 13.9. The number of pyridine rings is 1. The van der Waals surface area contributed by atoms with Gasteiger partial charge in [-0.2, -0.15) is 5.10 Å². The third kappa shape index (κ3) is 3.75. The van der Waals surface area contributed by atoms with E-state index in [1.54, 1.807) is 54.3 Å². The van der Waals surface area contributed by atoms with Gasteiger partial charge in [-0.05, 0) is 36.6 Å². The van der Waals surface area contributed by atoms with Crippen LogP contribution in [0.1, 0.15) is 33.5 Å². The van der Waals surface area contributed by atoms with E-state index in [1.165, 1.54) is 11.3 Å². The highest BCUT2D eigenvalue weighted by Gasteiger charge is 2.16. The number of nitrogens with one attached hydrogen (secondary N) is 1. The first-order chi connectivity index (χ1) is 11.6. The molecule has 0 spiro atoms. The highest BCUT2D eigenvalue weighted by Crippen LogP contribution is 2.12. The summed E-state index contributed by atoms with van der Waals surface area (Å²) in [6.45, 7) is 1.81. The fraction of sp³-hybridized carbons (Fsp3) is 0.176. The van der Waals surface area contributed by atoms with Crippen LogP contribution in [-0.2, 0) is 0 Å². The summed E-state index contributed by atoms with van der Waals surface area (Å²) in [5.74, 6) is 0.279. The second-order valence-electron chi connectivity index (χ2n) is 5.31. The lowest BCUT2D eigenvalue weighted by Gasteiger charge is -2.12. The monoisotopic (exact) mass is 340 g/mol. The van der Waals surface area contributed by atoms with Crippen molar-refractivity contribution in [2.75, 3.05) is 0 Å². The molecule has 0 aliphatic carbocycles. The number of carbonyl (C=O) groups excluding carboxylic acids is 2. The van der Waals surface area contributed by atoms with Gasteiger partial charge < -0.3 is 5.32 Å². The predicted octanol–water partition coefficient (Wildman–Crippen LogP) is 2.72. The van der Waals surface area contributed by atoms with Gasteiger partial charge in [0.1, 0.15) is 5.69 Å². The highest BCUT2D eigenvalue weighted by atomic mass is 32.1. The van der Waals surface area contributed by atoms with Gasteiger partial charge in [0.05, 0.1) is 4.88 Å². The molecule has 122 valence electrons. The van der Waals surface area contributed by atoms with Crippen LogP contribution in [0.25, 0.3) is 5.82 Å². The number of nitrogens with zero attached hydrogens (tertiary/aromatic N) is 3. The van der Waals surface area contributed by atoms with E-state index in [2.05, 4.69) is 15.4 Å². The van der Waals surface area contributed by atoms with Gasteiger partial charge in [0, 0.05) is 24.9 Å². The smallest absolute Gasteiger partial charge is 0.270 e. The summed E-state index contributed by atoms with van der Waals surface area (Å²) in [5, 5.41) is 8.77. The first kappa shape index (κ1) is 16.1. The maximum atomic E-state index is 12.3. The molecule has 1 N–H and O–H groups in total. The van der Waals surface area contributed by atoms with Gasteiger partial charge in [0.15, 0.2) is 11.6 Å². The quantitative estimate of drug-likeness (QED) is 0.700. The Balaban J connectivity index is 1.64. The van der Waals surface area contributed by atoms with Crippen LogP contribution in [0.4, 0.5) is 0 Å². The Kier molecular flexibility index (Phi) is 4.81. The topological polar surface area (TPSA) is 76.9 Å². The zero-order valence-electron chi connectivity index (χ0n) is 13.0. The van der Waals surface area contributed by atoms with Crippen LogP contribution in [0.15, 0.2) is 54.2 Å². The molecule has 0 saturated carbocycles. The largest absolute Gasteiger partial charge is 0.348 e. The van der Waals surface area contributed by atoms with E-state index < -0.39 is 0 Å². The number of aromatic nitrogens is 3. The number of hydrogen-bond acceptors (Lipinski definition) is 5. The lowest BCUT2D eigenvalue weighted by atomic mass is 10.1. The molecule has 3 aromatic heterocycles. The van der Waals surface area contributed by atoms with Crippen LogP contribution in [-0.4, -0.2) is 32.5 Å². The van der Waals surface area contributed by atoms with Crippen LogP contribution in [0, 0.1) is 0 Å². The van der Waals surface area contributed by atoms with Crippen LogP contribution in [0.5, 0.6) is 0 Å². The molecule has 3 heterocycles. The summed E-state index contributed by atoms with van der Waals surface area (Å²) in [4.78, 5) is 29.4. The number of ketones is 1. The Morgan fingerprint density at radius 1 is 1.25 bits per heavy atom. The number of carbonyl (C=O) groups is 2. The number of hydrogen-bond donors (Lipinski definition) is 1. The lowest BCUT2D eigenvalue weighted by molar-refractivity contribution is 0.0915. The molecule has 1 amide bonds. The normalized spacial score (nSPS) is 11.9. The molecule has 0 aliphatic heterocycles. The van der Waals surface area contributed by atoms with Gasteiger partial charge in [0.2, 0.25) is 0 Å². The van der Waals surface area contributed by atoms with Crippen LogP contribution in [0.3, 0.4) is 0 Å². The molecule has 0 saturated heterocycles. The van der Waals surface area contributed by atoms with E-state index >= 15 is 0 Å². The van der Waals surface area contributed by atoms with Crippen LogP contribution >= 0.6 is 11.3 Å². The number of amides is 1. The molecule has 0 bridgehead atoms. The van der Waals surface area contributed by atoms with E-state index in [1.807, 2.05) is 11.4 Å². The van der Waals surface area contributed by atoms with Gasteiger partial charge in [-0.3, -0.25) is 9.59 Å². The third-order valence-corrected chi connectivity index (χ3v) is 4.28. The lowest BCUT2D eigenvalue weighted by Crippen LogP contribution is -2.34. The minimum absolute atomic E-state index is 0.0241. The Bertz CT molecular complexity index is 828. The van der Waals surface area contributed by atoms with Crippen molar-refractivity contribution in [1.29, 1.82) is 0 Å². The number of Topliss-reactive ketones (excluding diaryl/α,β-unsaturated/α-hetero) is 1. The van der Waals surface area contributed by atoms with Crippen LogP contribution < -0.4 is 5.32 Å². The highest BCUT2D eigenvalue weighted by molar-refractivity contribution is 7.12. The van der Waals surface area contributed by atoms with Gasteiger partial charge in [-0.15, -0.1) is 11.3 Å². The van der Waals surface area contributed by atoms with E-state index in [-0.39, 0.29) is 24.2 Å². The molecule has 3 aromatic rings. The summed E-state index contributed by atoms with van der Waals surface area (Å²) in [6, 6.07) is 10.3. The van der Waals surface area contributed by atoms with Crippen molar-refractivity contribution < 1.29 is 9.59 Å². The van der Waals surface area contributed by atoms with Crippen molar-refractivity contribution in [2.24, 2.45) is 0 Å². The van der Waals surface area contributed by atoms with E-state index in [4.69, 9.17) is 0 Å². The van der Waals surface area contributed by atoms with Gasteiger partial charge in [0.25, 0.3) is 5.91 Å². The van der Waals surface area contributed by atoms with E-state index in [0.29, 0.717) is 16.4 Å². The van der Waals surface area contributed by atoms with Crippen molar-refractivity contribution >= 4 is 23.0 Å². The predicted molar refractivity (Wildman–Crippen MR) is 91.6 cm³/mol. The summed E-state index contributed by atoms with van der Waals surface area (Å²) < 4.78 is 1.58. The molecule has 0 radical (unpaired) electrons. The molecule has 0 aliphatic rings. The molecule has 0 fully saturated rings. The zero-order chi connectivity index (χ0) is 16.9. The van der Waals surface area contributed by atoms with Crippen molar-refractivity contribution in [1.82, 2.24) is 20.1 Å². The Hall–Kier alpha value is -2.80. The second kappa shape index (κ2) is 7.18. The summed E-state index contributed by atoms with van der Waals surface area (Å²) in [6.07, 6.45) is 3.66. The molecule has 0 unspecified atom stereocenters. The maximum Gasteiger partial charge on any atom is 0.270 e. The van der Waals surface area contributed by atoms with Crippen molar-refractivity contribution in [3.63, 3.8) is 0 Å². The minimum Gasteiger partial charge on any atom is -0.348 e.